The van der Waals surface area contributed by atoms with Gasteiger partial charge >= 0.3 is 0 Å². The number of rotatable bonds is 8. The Labute approximate surface area is 141 Å². The van der Waals surface area contributed by atoms with Crippen LogP contribution in [0.5, 0.6) is 0 Å². The normalized spacial score (nSPS) is 24.2. The van der Waals surface area contributed by atoms with Gasteiger partial charge in [0.25, 0.3) is 0 Å². The van der Waals surface area contributed by atoms with E-state index in [9.17, 15) is 4.79 Å². The molecule has 6 heteroatoms. The van der Waals surface area contributed by atoms with E-state index in [1.54, 1.807) is 11.8 Å². The molecule has 23 heavy (non-hydrogen) atoms. The molecule has 0 saturated heterocycles. The summed E-state index contributed by atoms with van der Waals surface area (Å²) in [6, 6.07) is 1.04. The van der Waals surface area contributed by atoms with Crippen LogP contribution >= 0.6 is 11.8 Å². The van der Waals surface area contributed by atoms with Crippen molar-refractivity contribution in [3.8, 4) is 0 Å². The predicted molar refractivity (Wildman–Crippen MR) is 88.4 cm³/mol. The fourth-order valence-electron chi connectivity index (χ4n) is 3.57. The number of nitrogens with one attached hydrogen (secondary N) is 1. The average Bonchev–Trinajstić information content (AvgIpc) is 3.40. The summed E-state index contributed by atoms with van der Waals surface area (Å²) in [4.78, 5) is 12.4. The number of thioether (sulfide) groups is 1. The van der Waals surface area contributed by atoms with Crippen LogP contribution in [0.2, 0.25) is 0 Å². The fourth-order valence-corrected chi connectivity index (χ4v) is 4.40. The first-order valence-electron chi connectivity index (χ1n) is 9.16. The number of nitrogens with zero attached hydrogens (tertiary/aromatic N) is 3. The van der Waals surface area contributed by atoms with Crippen LogP contribution in [0.25, 0.3) is 0 Å². The molecule has 0 aromatic carbocycles. The largest absolute Gasteiger partial charge is 0.352 e. The van der Waals surface area contributed by atoms with Crippen LogP contribution in [0.4, 0.5) is 0 Å². The van der Waals surface area contributed by atoms with E-state index in [0.29, 0.717) is 23.8 Å². The standard InChI is InChI=1S/C17H24N4OS/c22-14(18-15(10-1-2-10)11-3-4-11)9-23-17-20-19-16(12-5-6-12)21(17)13-7-8-13/h10-13,15H,1-9H2,(H,18,22). The van der Waals surface area contributed by atoms with Crippen molar-refractivity contribution in [3.63, 3.8) is 0 Å². The summed E-state index contributed by atoms with van der Waals surface area (Å²) in [5, 5.41) is 13.1. The summed E-state index contributed by atoms with van der Waals surface area (Å²) in [6.45, 7) is 0. The maximum Gasteiger partial charge on any atom is 0.230 e. The molecule has 1 aromatic heterocycles. The van der Waals surface area contributed by atoms with Crippen LogP contribution in [-0.2, 0) is 4.79 Å². The first kappa shape index (κ1) is 14.3. The van der Waals surface area contributed by atoms with E-state index in [4.69, 9.17) is 0 Å². The molecule has 4 aliphatic carbocycles. The van der Waals surface area contributed by atoms with E-state index in [1.807, 2.05) is 0 Å². The Hall–Kier alpha value is -1.04. The molecule has 4 aliphatic rings. The minimum Gasteiger partial charge on any atom is -0.352 e. The number of aromatic nitrogens is 3. The van der Waals surface area contributed by atoms with Gasteiger partial charge in [-0.1, -0.05) is 11.8 Å². The van der Waals surface area contributed by atoms with Crippen LogP contribution in [-0.4, -0.2) is 32.5 Å². The maximum absolute atomic E-state index is 12.4. The van der Waals surface area contributed by atoms with E-state index in [0.717, 1.165) is 17.0 Å². The van der Waals surface area contributed by atoms with Crippen molar-refractivity contribution in [2.45, 2.75) is 74.5 Å². The number of carbonyl (C=O) groups excluding carboxylic acids is 1. The van der Waals surface area contributed by atoms with Crippen LogP contribution in [0, 0.1) is 11.8 Å². The van der Waals surface area contributed by atoms with Gasteiger partial charge in [-0.05, 0) is 63.2 Å². The highest BCUT2D eigenvalue weighted by atomic mass is 32.2. The van der Waals surface area contributed by atoms with Crippen LogP contribution in [0.3, 0.4) is 0 Å². The van der Waals surface area contributed by atoms with Gasteiger partial charge in [0.15, 0.2) is 5.16 Å². The third kappa shape index (κ3) is 3.14. The molecule has 1 heterocycles. The topological polar surface area (TPSA) is 59.8 Å². The van der Waals surface area contributed by atoms with Gasteiger partial charge in [0.2, 0.25) is 5.91 Å². The number of hydrogen-bond acceptors (Lipinski definition) is 4. The van der Waals surface area contributed by atoms with Gasteiger partial charge in [-0.15, -0.1) is 10.2 Å². The highest BCUT2D eigenvalue weighted by molar-refractivity contribution is 7.99. The van der Waals surface area contributed by atoms with Crippen molar-refractivity contribution in [2.75, 3.05) is 5.75 Å². The molecule has 0 radical (unpaired) electrons. The van der Waals surface area contributed by atoms with Crippen LogP contribution in [0.15, 0.2) is 5.16 Å². The Morgan fingerprint density at radius 2 is 1.78 bits per heavy atom. The molecule has 0 atom stereocenters. The lowest BCUT2D eigenvalue weighted by Gasteiger charge is -2.17. The SMILES string of the molecule is O=C(CSc1nnc(C2CC2)n1C1CC1)NC(C1CC1)C1CC1. The molecule has 0 spiro atoms. The van der Waals surface area contributed by atoms with Crippen molar-refractivity contribution in [3.05, 3.63) is 5.82 Å². The van der Waals surface area contributed by atoms with Crippen molar-refractivity contribution < 1.29 is 4.79 Å². The molecule has 5 rings (SSSR count). The Bertz CT molecular complexity index is 602. The Balaban J connectivity index is 1.21. The Kier molecular flexibility index (Phi) is 3.42. The predicted octanol–water partition coefficient (Wildman–Crippen LogP) is 2.89. The third-order valence-corrected chi connectivity index (χ3v) is 6.41. The minimum atomic E-state index is 0.178. The summed E-state index contributed by atoms with van der Waals surface area (Å²) in [5.41, 5.74) is 0. The lowest BCUT2D eigenvalue weighted by Crippen LogP contribution is -2.39. The molecule has 124 valence electrons. The second-order valence-corrected chi connectivity index (χ2v) is 8.72. The lowest BCUT2D eigenvalue weighted by atomic mass is 10.1. The molecule has 1 aromatic rings. The highest BCUT2D eigenvalue weighted by Gasteiger charge is 2.42. The number of amides is 1. The highest BCUT2D eigenvalue weighted by Crippen LogP contribution is 2.46. The molecule has 0 aliphatic heterocycles. The van der Waals surface area contributed by atoms with Gasteiger partial charge < -0.3 is 9.88 Å². The quantitative estimate of drug-likeness (QED) is 0.744. The fraction of sp³-hybridized carbons (Fsp3) is 0.824. The molecule has 4 fully saturated rings. The summed E-state index contributed by atoms with van der Waals surface area (Å²) >= 11 is 1.57. The van der Waals surface area contributed by atoms with E-state index >= 15 is 0 Å². The molecular weight excluding hydrogens is 308 g/mol. The first-order valence-corrected chi connectivity index (χ1v) is 10.1. The van der Waals surface area contributed by atoms with Gasteiger partial charge in [-0.25, -0.2) is 0 Å². The van der Waals surface area contributed by atoms with Gasteiger partial charge in [0.1, 0.15) is 5.82 Å². The smallest absolute Gasteiger partial charge is 0.230 e. The molecular formula is C17H24N4OS. The van der Waals surface area contributed by atoms with Crippen molar-refractivity contribution in [1.82, 2.24) is 20.1 Å². The van der Waals surface area contributed by atoms with E-state index in [-0.39, 0.29) is 5.91 Å². The zero-order valence-electron chi connectivity index (χ0n) is 13.4. The van der Waals surface area contributed by atoms with Crippen molar-refractivity contribution in [2.24, 2.45) is 11.8 Å². The molecule has 5 nitrogen and oxygen atoms in total. The van der Waals surface area contributed by atoms with Crippen molar-refractivity contribution >= 4 is 17.7 Å². The van der Waals surface area contributed by atoms with E-state index in [2.05, 4.69) is 20.1 Å². The van der Waals surface area contributed by atoms with Gasteiger partial charge in [0.05, 0.1) is 5.75 Å². The van der Waals surface area contributed by atoms with Gasteiger partial charge in [-0.2, -0.15) is 0 Å². The molecule has 4 saturated carbocycles. The zero-order valence-corrected chi connectivity index (χ0v) is 14.2. The average molecular weight is 332 g/mol. The molecule has 1 amide bonds. The maximum atomic E-state index is 12.4. The summed E-state index contributed by atoms with van der Waals surface area (Å²) in [5.74, 6) is 3.97. The molecule has 0 unspecified atom stereocenters. The van der Waals surface area contributed by atoms with Crippen LogP contribution < -0.4 is 5.32 Å². The zero-order chi connectivity index (χ0) is 15.4. The Morgan fingerprint density at radius 3 is 2.35 bits per heavy atom. The third-order valence-electron chi connectivity index (χ3n) is 5.47. The van der Waals surface area contributed by atoms with Gasteiger partial charge in [0, 0.05) is 18.0 Å². The first-order chi connectivity index (χ1) is 11.3. The van der Waals surface area contributed by atoms with Crippen LogP contribution in [0.1, 0.15) is 69.2 Å². The Morgan fingerprint density at radius 1 is 1.09 bits per heavy atom. The number of hydrogen-bond donors (Lipinski definition) is 1. The van der Waals surface area contributed by atoms with Crippen molar-refractivity contribution in [1.29, 1.82) is 0 Å². The monoisotopic (exact) mass is 332 g/mol. The van der Waals surface area contributed by atoms with E-state index < -0.39 is 0 Å². The van der Waals surface area contributed by atoms with Gasteiger partial charge in [-0.3, -0.25) is 4.79 Å². The summed E-state index contributed by atoms with van der Waals surface area (Å²) in [6.07, 6.45) is 10.2. The summed E-state index contributed by atoms with van der Waals surface area (Å²) < 4.78 is 2.33. The second kappa shape index (κ2) is 5.50. The molecule has 1 N–H and O–H groups in total. The van der Waals surface area contributed by atoms with E-state index in [1.165, 1.54) is 57.2 Å². The molecule has 0 bridgehead atoms. The number of carbonyl (C=O) groups is 1. The summed E-state index contributed by atoms with van der Waals surface area (Å²) in [7, 11) is 0. The lowest BCUT2D eigenvalue weighted by molar-refractivity contribution is -0.119. The minimum absolute atomic E-state index is 0.178. The second-order valence-electron chi connectivity index (χ2n) is 7.77.